The molecule has 0 N–H and O–H groups in total. The first-order chi connectivity index (χ1) is 10.8. The summed E-state index contributed by atoms with van der Waals surface area (Å²) in [5.41, 5.74) is -6.27. The van der Waals surface area contributed by atoms with E-state index < -0.39 is 60.3 Å². The van der Waals surface area contributed by atoms with Crippen molar-refractivity contribution >= 4 is 0 Å². The van der Waals surface area contributed by atoms with Gasteiger partial charge in [0.2, 0.25) is 0 Å². The largest absolute Gasteiger partial charge is 0.417 e. The maximum absolute atomic E-state index is 15.4. The number of hydrogen-bond donors (Lipinski definition) is 0. The van der Waals surface area contributed by atoms with Crippen LogP contribution < -0.4 is 0 Å². The molecule has 2 fully saturated rings. The molecule has 0 radical (unpaired) electrons. The van der Waals surface area contributed by atoms with Gasteiger partial charge in [-0.1, -0.05) is 13.8 Å². The van der Waals surface area contributed by atoms with Gasteiger partial charge in [0.05, 0.1) is 0 Å². The molecule has 24 heavy (non-hydrogen) atoms. The van der Waals surface area contributed by atoms with Gasteiger partial charge in [-0.15, -0.1) is 0 Å². The molecule has 2 aliphatic rings. The molecule has 0 spiro atoms. The molecule has 0 saturated heterocycles. The van der Waals surface area contributed by atoms with E-state index in [1.807, 2.05) is 0 Å². The number of ether oxygens (including phenoxy) is 2. The first-order valence-electron chi connectivity index (χ1n) is 8.17. The van der Waals surface area contributed by atoms with Crippen LogP contribution in [0.4, 0.5) is 26.3 Å². The summed E-state index contributed by atoms with van der Waals surface area (Å²) in [6, 6.07) is 0. The van der Waals surface area contributed by atoms with Crippen LogP contribution in [0.2, 0.25) is 0 Å². The summed E-state index contributed by atoms with van der Waals surface area (Å²) in [6.07, 6.45) is -6.51. The standard InChI is InChI=1S/C16H24F6O2/c1-5-23-8-24-13(4,16(20,21)22)7-14(17)11-6-12(15(14,18)19)10(3)9(11)2/h9-12H,5-8H2,1-4H3. The van der Waals surface area contributed by atoms with Crippen molar-refractivity contribution in [3.63, 3.8) is 0 Å². The van der Waals surface area contributed by atoms with Crippen LogP contribution in [0, 0.1) is 23.7 Å². The van der Waals surface area contributed by atoms with E-state index in [0.29, 0.717) is 6.92 Å². The van der Waals surface area contributed by atoms with Crippen LogP contribution in [0.25, 0.3) is 0 Å². The minimum atomic E-state index is -4.99. The summed E-state index contributed by atoms with van der Waals surface area (Å²) in [5.74, 6) is -6.96. The molecule has 0 aromatic carbocycles. The Labute approximate surface area is 137 Å². The highest BCUT2D eigenvalue weighted by atomic mass is 19.4. The topological polar surface area (TPSA) is 18.5 Å². The first-order valence-corrected chi connectivity index (χ1v) is 8.17. The maximum atomic E-state index is 15.4. The predicted octanol–water partition coefficient (Wildman–Crippen LogP) is 4.97. The van der Waals surface area contributed by atoms with Gasteiger partial charge >= 0.3 is 6.18 Å². The van der Waals surface area contributed by atoms with E-state index in [9.17, 15) is 22.0 Å². The second-order valence-corrected chi connectivity index (χ2v) is 7.31. The molecule has 0 aromatic rings. The first kappa shape index (κ1) is 19.8. The zero-order chi connectivity index (χ0) is 18.6. The van der Waals surface area contributed by atoms with E-state index in [4.69, 9.17) is 9.47 Å². The lowest BCUT2D eigenvalue weighted by atomic mass is 9.68. The van der Waals surface area contributed by atoms with Crippen molar-refractivity contribution in [1.82, 2.24) is 0 Å². The van der Waals surface area contributed by atoms with Gasteiger partial charge in [0, 0.05) is 24.9 Å². The highest BCUT2D eigenvalue weighted by molar-refractivity contribution is 5.18. The van der Waals surface area contributed by atoms with Gasteiger partial charge < -0.3 is 9.47 Å². The normalized spacial score (nSPS) is 40.8. The van der Waals surface area contributed by atoms with Crippen LogP contribution in [0.5, 0.6) is 0 Å². The number of fused-ring (bicyclic) bond motifs is 2. The van der Waals surface area contributed by atoms with Crippen molar-refractivity contribution in [1.29, 1.82) is 0 Å². The Morgan fingerprint density at radius 1 is 1.04 bits per heavy atom. The van der Waals surface area contributed by atoms with E-state index in [1.54, 1.807) is 20.8 Å². The zero-order valence-electron chi connectivity index (χ0n) is 14.2. The Morgan fingerprint density at radius 3 is 2.04 bits per heavy atom. The van der Waals surface area contributed by atoms with Crippen molar-refractivity contribution in [2.24, 2.45) is 23.7 Å². The third kappa shape index (κ3) is 2.73. The van der Waals surface area contributed by atoms with Gasteiger partial charge in [-0.05, 0) is 32.1 Å². The van der Waals surface area contributed by atoms with Gasteiger partial charge in [-0.25, -0.2) is 13.2 Å². The van der Waals surface area contributed by atoms with E-state index in [-0.39, 0.29) is 13.0 Å². The molecule has 6 unspecified atom stereocenters. The van der Waals surface area contributed by atoms with Crippen molar-refractivity contribution in [2.75, 3.05) is 13.4 Å². The summed E-state index contributed by atoms with van der Waals surface area (Å²) in [4.78, 5) is 0. The predicted molar refractivity (Wildman–Crippen MR) is 75.4 cm³/mol. The lowest BCUT2D eigenvalue weighted by Gasteiger charge is -2.46. The summed E-state index contributed by atoms with van der Waals surface area (Å²) in [7, 11) is 0. The average Bonchev–Trinajstić information content (AvgIpc) is 2.83. The molecular weight excluding hydrogens is 338 g/mol. The van der Waals surface area contributed by atoms with Gasteiger partial charge in [-0.3, -0.25) is 0 Å². The Morgan fingerprint density at radius 2 is 1.58 bits per heavy atom. The van der Waals surface area contributed by atoms with E-state index in [2.05, 4.69) is 0 Å². The molecule has 6 atom stereocenters. The molecule has 0 heterocycles. The van der Waals surface area contributed by atoms with Crippen molar-refractivity contribution in [3.8, 4) is 0 Å². The van der Waals surface area contributed by atoms with Crippen molar-refractivity contribution in [2.45, 2.75) is 63.9 Å². The molecule has 0 aromatic heterocycles. The molecule has 2 aliphatic carbocycles. The molecule has 2 bridgehead atoms. The molecule has 0 aliphatic heterocycles. The summed E-state index contributed by atoms with van der Waals surface area (Å²) < 4.78 is 94.3. The van der Waals surface area contributed by atoms with Crippen LogP contribution in [0.3, 0.4) is 0 Å². The zero-order valence-corrected chi connectivity index (χ0v) is 14.2. The molecule has 2 nitrogen and oxygen atoms in total. The Kier molecular flexibility index (Phi) is 4.99. The molecule has 0 amide bonds. The monoisotopic (exact) mass is 362 g/mol. The number of alkyl halides is 6. The van der Waals surface area contributed by atoms with Crippen molar-refractivity contribution < 1.29 is 35.8 Å². The fourth-order valence-electron chi connectivity index (χ4n) is 4.30. The smallest absolute Gasteiger partial charge is 0.356 e. The Bertz CT molecular complexity index is 468. The highest BCUT2D eigenvalue weighted by Crippen LogP contribution is 2.68. The minimum absolute atomic E-state index is 0.0920. The SMILES string of the molecule is CCOCOC(C)(CC1(F)C2CC(C(C)C2C)C1(F)F)C(F)(F)F. The summed E-state index contributed by atoms with van der Waals surface area (Å²) in [5, 5.41) is 0. The molecule has 2 saturated carbocycles. The molecule has 142 valence electrons. The van der Waals surface area contributed by atoms with E-state index >= 15 is 4.39 Å². The van der Waals surface area contributed by atoms with Crippen molar-refractivity contribution in [3.05, 3.63) is 0 Å². The second kappa shape index (κ2) is 6.04. The summed E-state index contributed by atoms with van der Waals surface area (Å²) >= 11 is 0. The molecule has 2 rings (SSSR count). The van der Waals surface area contributed by atoms with Gasteiger partial charge in [0.1, 0.15) is 6.79 Å². The maximum Gasteiger partial charge on any atom is 0.417 e. The van der Waals surface area contributed by atoms with E-state index in [1.165, 1.54) is 0 Å². The third-order valence-corrected chi connectivity index (χ3v) is 6.07. The van der Waals surface area contributed by atoms with Gasteiger partial charge in [-0.2, -0.15) is 13.2 Å². The average molecular weight is 362 g/mol. The van der Waals surface area contributed by atoms with Crippen LogP contribution >= 0.6 is 0 Å². The third-order valence-electron chi connectivity index (χ3n) is 6.07. The number of rotatable bonds is 6. The van der Waals surface area contributed by atoms with Gasteiger partial charge in [0.25, 0.3) is 5.92 Å². The number of halogens is 6. The fourth-order valence-corrected chi connectivity index (χ4v) is 4.30. The van der Waals surface area contributed by atoms with Crippen LogP contribution in [0.15, 0.2) is 0 Å². The fraction of sp³-hybridized carbons (Fsp3) is 1.00. The Hall–Kier alpha value is -0.500. The second-order valence-electron chi connectivity index (χ2n) is 7.31. The van der Waals surface area contributed by atoms with Gasteiger partial charge in [0.15, 0.2) is 11.3 Å². The minimum Gasteiger partial charge on any atom is -0.356 e. The lowest BCUT2D eigenvalue weighted by molar-refractivity contribution is -0.316. The summed E-state index contributed by atoms with van der Waals surface area (Å²) in [6.45, 7) is 4.78. The Balaban J connectivity index is 2.31. The van der Waals surface area contributed by atoms with Crippen LogP contribution in [-0.4, -0.2) is 36.8 Å². The van der Waals surface area contributed by atoms with Crippen LogP contribution in [-0.2, 0) is 9.47 Å². The highest BCUT2D eigenvalue weighted by Gasteiger charge is 2.77. The number of hydrogen-bond acceptors (Lipinski definition) is 2. The van der Waals surface area contributed by atoms with E-state index in [0.717, 1.165) is 0 Å². The quantitative estimate of drug-likeness (QED) is 0.377. The molecule has 8 heteroatoms. The lowest BCUT2D eigenvalue weighted by Crippen LogP contribution is -2.60. The van der Waals surface area contributed by atoms with Crippen LogP contribution in [0.1, 0.15) is 40.5 Å². The molecular formula is C16H24F6O2.